The molecule has 0 amide bonds. The lowest BCUT2D eigenvalue weighted by Crippen LogP contribution is -2.36. The van der Waals surface area contributed by atoms with Crippen LogP contribution >= 0.6 is 0 Å². The van der Waals surface area contributed by atoms with Gasteiger partial charge in [-0.05, 0) is 48.9 Å². The van der Waals surface area contributed by atoms with E-state index in [-0.39, 0.29) is 0 Å². The molecule has 2 unspecified atom stereocenters. The molecule has 0 heterocycles. The predicted octanol–water partition coefficient (Wildman–Crippen LogP) is 6.20. The first-order valence-electron chi connectivity index (χ1n) is 8.64. The first-order chi connectivity index (χ1) is 8.64. The molecule has 2 atom stereocenters. The van der Waals surface area contributed by atoms with Crippen LogP contribution in [-0.2, 0) is 0 Å². The monoisotopic (exact) mass is 250 g/mol. The zero-order valence-corrected chi connectivity index (χ0v) is 13.0. The molecule has 2 fully saturated rings. The maximum absolute atomic E-state index is 2.49. The van der Waals surface area contributed by atoms with Crippen molar-refractivity contribution in [2.24, 2.45) is 23.2 Å². The van der Waals surface area contributed by atoms with Crippen molar-refractivity contribution in [1.29, 1.82) is 0 Å². The third-order valence-corrected chi connectivity index (χ3v) is 6.03. The summed E-state index contributed by atoms with van der Waals surface area (Å²) in [6.45, 7) is 7.46. The zero-order valence-electron chi connectivity index (χ0n) is 13.0. The first-order valence-corrected chi connectivity index (χ1v) is 8.64. The molecule has 0 heteroatoms. The van der Waals surface area contributed by atoms with Crippen molar-refractivity contribution in [3.05, 3.63) is 0 Å². The van der Waals surface area contributed by atoms with Gasteiger partial charge in [-0.1, -0.05) is 65.7 Å². The molecule has 2 saturated carbocycles. The molecule has 2 aliphatic rings. The molecule has 0 aromatic heterocycles. The van der Waals surface area contributed by atoms with Crippen LogP contribution in [0.15, 0.2) is 0 Å². The average molecular weight is 250 g/mol. The van der Waals surface area contributed by atoms with E-state index >= 15 is 0 Å². The van der Waals surface area contributed by atoms with Crippen LogP contribution in [0, 0.1) is 23.2 Å². The Labute approximate surface area is 115 Å². The molecule has 0 saturated heterocycles. The molecule has 0 nitrogen and oxygen atoms in total. The Morgan fingerprint density at radius 1 is 0.778 bits per heavy atom. The molecule has 2 aliphatic carbocycles. The van der Waals surface area contributed by atoms with E-state index in [4.69, 9.17) is 0 Å². The predicted molar refractivity (Wildman–Crippen MR) is 80.7 cm³/mol. The van der Waals surface area contributed by atoms with Crippen molar-refractivity contribution >= 4 is 0 Å². The van der Waals surface area contributed by atoms with Crippen molar-refractivity contribution in [2.45, 2.75) is 91.4 Å². The second-order valence-corrected chi connectivity index (χ2v) is 7.70. The summed E-state index contributed by atoms with van der Waals surface area (Å²) in [5.74, 6) is 2.89. The average Bonchev–Trinajstić information content (AvgIpc) is 2.42. The molecular formula is C18H34. The standard InChI is InChI=1S/C18H34/c1-15(2)17-11-10-16(3)9-5-8-14-18(17)12-6-4-7-13-18/h15-17H,4-14H2,1-3H3. The van der Waals surface area contributed by atoms with E-state index < -0.39 is 0 Å². The maximum Gasteiger partial charge on any atom is -0.0267 e. The normalized spacial score (nSPS) is 34.0. The Bertz CT molecular complexity index is 234. The summed E-state index contributed by atoms with van der Waals surface area (Å²) in [5.41, 5.74) is 0.747. The van der Waals surface area contributed by atoms with Crippen LogP contribution in [0.25, 0.3) is 0 Å². The summed E-state index contributed by atoms with van der Waals surface area (Å²) in [6, 6.07) is 0. The van der Waals surface area contributed by atoms with Crippen molar-refractivity contribution in [1.82, 2.24) is 0 Å². The minimum atomic E-state index is 0.747. The van der Waals surface area contributed by atoms with Crippen LogP contribution in [0.5, 0.6) is 0 Å². The third-order valence-electron chi connectivity index (χ3n) is 6.03. The SMILES string of the molecule is CC1CCCCC2(CCCCC2)C(C(C)C)CC1. The second-order valence-electron chi connectivity index (χ2n) is 7.70. The summed E-state index contributed by atoms with van der Waals surface area (Å²) >= 11 is 0. The molecule has 1 spiro atoms. The van der Waals surface area contributed by atoms with Gasteiger partial charge in [-0.15, -0.1) is 0 Å². The molecular weight excluding hydrogens is 216 g/mol. The summed E-state index contributed by atoms with van der Waals surface area (Å²) < 4.78 is 0. The molecule has 0 radical (unpaired) electrons. The topological polar surface area (TPSA) is 0 Å². The Hall–Kier alpha value is 0. The fraction of sp³-hybridized carbons (Fsp3) is 1.00. The number of rotatable bonds is 1. The zero-order chi connectivity index (χ0) is 13.0. The summed E-state index contributed by atoms with van der Waals surface area (Å²) in [4.78, 5) is 0. The van der Waals surface area contributed by atoms with E-state index in [0.29, 0.717) is 0 Å². The van der Waals surface area contributed by atoms with Crippen molar-refractivity contribution in [3.63, 3.8) is 0 Å². The van der Waals surface area contributed by atoms with Gasteiger partial charge in [-0.3, -0.25) is 0 Å². The van der Waals surface area contributed by atoms with Crippen molar-refractivity contribution < 1.29 is 0 Å². The quantitative estimate of drug-likeness (QED) is 0.520. The van der Waals surface area contributed by atoms with E-state index in [0.717, 1.165) is 23.2 Å². The first kappa shape index (κ1) is 14.4. The van der Waals surface area contributed by atoms with Gasteiger partial charge in [0.1, 0.15) is 0 Å². The maximum atomic E-state index is 2.49. The molecule has 2 rings (SSSR count). The van der Waals surface area contributed by atoms with Gasteiger partial charge < -0.3 is 0 Å². The van der Waals surface area contributed by atoms with E-state index in [1.165, 1.54) is 51.4 Å². The highest BCUT2D eigenvalue weighted by atomic mass is 14.5. The van der Waals surface area contributed by atoms with Gasteiger partial charge in [0.2, 0.25) is 0 Å². The second kappa shape index (κ2) is 6.44. The third kappa shape index (κ3) is 3.31. The molecule has 0 aromatic rings. The fourth-order valence-corrected chi connectivity index (χ4v) is 4.99. The van der Waals surface area contributed by atoms with E-state index in [1.54, 1.807) is 19.3 Å². The smallest absolute Gasteiger partial charge is 0.0267 e. The van der Waals surface area contributed by atoms with Crippen LogP contribution in [0.2, 0.25) is 0 Å². The Morgan fingerprint density at radius 3 is 2.00 bits per heavy atom. The summed E-state index contributed by atoms with van der Waals surface area (Å²) in [5, 5.41) is 0. The van der Waals surface area contributed by atoms with Gasteiger partial charge in [0.25, 0.3) is 0 Å². The van der Waals surface area contributed by atoms with E-state index in [1.807, 2.05) is 0 Å². The van der Waals surface area contributed by atoms with Crippen molar-refractivity contribution in [2.75, 3.05) is 0 Å². The lowest BCUT2D eigenvalue weighted by atomic mass is 9.59. The highest BCUT2D eigenvalue weighted by Crippen LogP contribution is 2.51. The highest BCUT2D eigenvalue weighted by molar-refractivity contribution is 4.91. The summed E-state index contributed by atoms with van der Waals surface area (Å²) in [6.07, 6.45) is 16.7. The number of hydrogen-bond acceptors (Lipinski definition) is 0. The van der Waals surface area contributed by atoms with Crippen LogP contribution in [0.1, 0.15) is 91.4 Å². The van der Waals surface area contributed by atoms with E-state index in [9.17, 15) is 0 Å². The van der Waals surface area contributed by atoms with Gasteiger partial charge in [-0.25, -0.2) is 0 Å². The largest absolute Gasteiger partial charge is 0.0625 e. The summed E-state index contributed by atoms with van der Waals surface area (Å²) in [7, 11) is 0. The molecule has 0 bridgehead atoms. The number of hydrogen-bond donors (Lipinski definition) is 0. The Balaban J connectivity index is 2.14. The van der Waals surface area contributed by atoms with Crippen LogP contribution in [0.4, 0.5) is 0 Å². The van der Waals surface area contributed by atoms with Crippen LogP contribution in [-0.4, -0.2) is 0 Å². The fourth-order valence-electron chi connectivity index (χ4n) is 4.99. The van der Waals surface area contributed by atoms with Gasteiger partial charge in [0.15, 0.2) is 0 Å². The lowest BCUT2D eigenvalue weighted by Gasteiger charge is -2.46. The van der Waals surface area contributed by atoms with Crippen LogP contribution in [0.3, 0.4) is 0 Å². The van der Waals surface area contributed by atoms with E-state index in [2.05, 4.69) is 20.8 Å². The lowest BCUT2D eigenvalue weighted by molar-refractivity contribution is 0.0442. The molecule has 18 heavy (non-hydrogen) atoms. The molecule has 0 aliphatic heterocycles. The highest BCUT2D eigenvalue weighted by Gasteiger charge is 2.40. The minimum absolute atomic E-state index is 0.747. The van der Waals surface area contributed by atoms with Gasteiger partial charge in [-0.2, -0.15) is 0 Å². The van der Waals surface area contributed by atoms with Crippen LogP contribution < -0.4 is 0 Å². The Kier molecular flexibility index (Phi) is 5.15. The van der Waals surface area contributed by atoms with Gasteiger partial charge >= 0.3 is 0 Å². The molecule has 0 aromatic carbocycles. The molecule has 0 N–H and O–H groups in total. The molecule has 106 valence electrons. The van der Waals surface area contributed by atoms with Gasteiger partial charge in [0.05, 0.1) is 0 Å². The minimum Gasteiger partial charge on any atom is -0.0625 e. The Morgan fingerprint density at radius 2 is 1.39 bits per heavy atom. The van der Waals surface area contributed by atoms with Crippen molar-refractivity contribution in [3.8, 4) is 0 Å². The van der Waals surface area contributed by atoms with Gasteiger partial charge in [0, 0.05) is 0 Å².